The van der Waals surface area contributed by atoms with Crippen LogP contribution in [0.4, 0.5) is 5.69 Å². The highest BCUT2D eigenvalue weighted by Gasteiger charge is 2.26. The highest BCUT2D eigenvalue weighted by molar-refractivity contribution is 6.04. The van der Waals surface area contributed by atoms with E-state index in [-0.39, 0.29) is 11.7 Å². The van der Waals surface area contributed by atoms with Gasteiger partial charge in [-0.1, -0.05) is 103 Å². The van der Waals surface area contributed by atoms with E-state index >= 15 is 0 Å². The number of hydrogen-bond donors (Lipinski definition) is 2. The molecule has 0 bridgehead atoms. The molecule has 2 N–H and O–H groups in total. The summed E-state index contributed by atoms with van der Waals surface area (Å²) in [6.07, 6.45) is 7.94. The van der Waals surface area contributed by atoms with Crippen LogP contribution in [0.25, 0.3) is 22.0 Å². The molecule has 1 amide bonds. The van der Waals surface area contributed by atoms with E-state index in [9.17, 15) is 9.90 Å². The predicted molar refractivity (Wildman–Crippen MR) is 230 cm³/mol. The maximum Gasteiger partial charge on any atom is 0.255 e. The monoisotopic (exact) mass is 728 g/mol. The minimum absolute atomic E-state index is 0.172. The van der Waals surface area contributed by atoms with Crippen molar-refractivity contribution in [3.8, 4) is 16.9 Å². The summed E-state index contributed by atoms with van der Waals surface area (Å²) in [5.41, 5.74) is 10.7. The molecule has 2 unspecified atom stereocenters. The molecule has 288 valence electrons. The molecule has 54 heavy (non-hydrogen) atoms. The van der Waals surface area contributed by atoms with Crippen LogP contribution in [0.3, 0.4) is 0 Å². The largest absolute Gasteiger partial charge is 0.507 e. The van der Waals surface area contributed by atoms with Gasteiger partial charge in [0.05, 0.1) is 0 Å². The Labute approximate surface area is 325 Å². The average molecular weight is 728 g/mol. The number of nitrogens with zero attached hydrogens (tertiary/aromatic N) is 2. The highest BCUT2D eigenvalue weighted by atomic mass is 16.3. The third-order valence-electron chi connectivity index (χ3n) is 11.6. The Kier molecular flexibility index (Phi) is 14.6. The number of benzene rings is 4. The Bertz CT molecular complexity index is 1960. The Morgan fingerprint density at radius 3 is 2.24 bits per heavy atom. The summed E-state index contributed by atoms with van der Waals surface area (Å²) in [5.74, 6) is 1.79. The first-order chi connectivity index (χ1) is 26.1. The van der Waals surface area contributed by atoms with Crippen LogP contribution in [0.5, 0.6) is 5.75 Å². The number of amides is 1. The number of anilines is 1. The second kappa shape index (κ2) is 19.3. The predicted octanol–water partition coefficient (Wildman–Crippen LogP) is 12.6. The molecule has 0 spiro atoms. The summed E-state index contributed by atoms with van der Waals surface area (Å²) in [4.78, 5) is 16.1. The van der Waals surface area contributed by atoms with Gasteiger partial charge in [-0.05, 0) is 135 Å². The van der Waals surface area contributed by atoms with Crippen molar-refractivity contribution in [2.75, 3.05) is 25.0 Å². The Hall–Kier alpha value is -4.35. The standard InChI is InChI=1S/C47H59N3O2.C2H6/c1-7-24-49(25-23-32(3)8-2)30-33(4)31-50-35(6)34(5)42-27-37(19-22-44(42)50)26-36-17-20-40(21-18-36)47(52)48-41-28-43(38-15-12-16-38)46(45(51)29-41)39-13-10-9-11-14-39;1-2/h9-11,13-14,17-22,27-29,32-33,38,51H,7-8,12,15-16,23-26,30-31H2,1-6H3,(H,48,52);1-2H3. The van der Waals surface area contributed by atoms with Crippen molar-refractivity contribution in [2.45, 2.75) is 113 Å². The lowest BCUT2D eigenvalue weighted by atomic mass is 9.76. The quantitative estimate of drug-likeness (QED) is 0.106. The van der Waals surface area contributed by atoms with E-state index in [1.807, 2.05) is 56.3 Å². The van der Waals surface area contributed by atoms with Crippen molar-refractivity contribution in [1.82, 2.24) is 9.47 Å². The second-order valence-corrected chi connectivity index (χ2v) is 15.7. The van der Waals surface area contributed by atoms with Gasteiger partial charge in [0.15, 0.2) is 0 Å². The first-order valence-electron chi connectivity index (χ1n) is 20.8. The van der Waals surface area contributed by atoms with E-state index < -0.39 is 0 Å². The molecule has 5 heteroatoms. The summed E-state index contributed by atoms with van der Waals surface area (Å²) < 4.78 is 2.54. The fraction of sp³-hybridized carbons (Fsp3) is 0.449. The van der Waals surface area contributed by atoms with Crippen LogP contribution in [0.2, 0.25) is 0 Å². The van der Waals surface area contributed by atoms with E-state index in [1.54, 1.807) is 6.07 Å². The van der Waals surface area contributed by atoms with E-state index in [2.05, 4.69) is 92.7 Å². The third kappa shape index (κ3) is 9.84. The molecule has 6 rings (SSSR count). The van der Waals surface area contributed by atoms with Crippen molar-refractivity contribution in [2.24, 2.45) is 11.8 Å². The van der Waals surface area contributed by atoms with Gasteiger partial charge in [-0.15, -0.1) is 0 Å². The Morgan fingerprint density at radius 1 is 0.889 bits per heavy atom. The molecule has 1 saturated carbocycles. The van der Waals surface area contributed by atoms with Crippen molar-refractivity contribution < 1.29 is 9.90 Å². The summed E-state index contributed by atoms with van der Waals surface area (Å²) in [7, 11) is 0. The lowest BCUT2D eigenvalue weighted by molar-refractivity contribution is 0.102. The molecule has 5 nitrogen and oxygen atoms in total. The Morgan fingerprint density at radius 2 is 1.59 bits per heavy atom. The van der Waals surface area contributed by atoms with E-state index in [0.29, 0.717) is 23.1 Å². The number of nitrogens with one attached hydrogen (secondary N) is 1. The number of hydrogen-bond acceptors (Lipinski definition) is 3. The molecule has 0 aliphatic heterocycles. The molecule has 5 aromatic rings. The lowest BCUT2D eigenvalue weighted by Crippen LogP contribution is -2.32. The van der Waals surface area contributed by atoms with Gasteiger partial charge in [0.1, 0.15) is 5.75 Å². The second-order valence-electron chi connectivity index (χ2n) is 15.7. The number of carbonyl (C=O) groups excluding carboxylic acids is 1. The third-order valence-corrected chi connectivity index (χ3v) is 11.6. The van der Waals surface area contributed by atoms with Crippen LogP contribution in [-0.2, 0) is 13.0 Å². The van der Waals surface area contributed by atoms with Gasteiger partial charge in [-0.25, -0.2) is 0 Å². The van der Waals surface area contributed by atoms with Crippen molar-refractivity contribution in [3.05, 3.63) is 118 Å². The number of aromatic nitrogens is 1. The van der Waals surface area contributed by atoms with Crippen molar-refractivity contribution in [3.63, 3.8) is 0 Å². The first kappa shape index (κ1) is 40.8. The molecule has 0 saturated heterocycles. The Balaban J connectivity index is 0.00000276. The molecule has 2 atom stereocenters. The molecule has 1 aromatic heterocycles. The summed E-state index contributed by atoms with van der Waals surface area (Å²) in [6, 6.07) is 28.7. The summed E-state index contributed by atoms with van der Waals surface area (Å²) in [6.45, 7) is 22.4. The van der Waals surface area contributed by atoms with Crippen LogP contribution in [-0.4, -0.2) is 40.1 Å². The molecule has 0 radical (unpaired) electrons. The molecular weight excluding hydrogens is 663 g/mol. The minimum Gasteiger partial charge on any atom is -0.507 e. The maximum atomic E-state index is 13.4. The van der Waals surface area contributed by atoms with Gasteiger partial charge in [-0.3, -0.25) is 4.79 Å². The van der Waals surface area contributed by atoms with E-state index in [0.717, 1.165) is 55.0 Å². The summed E-state index contributed by atoms with van der Waals surface area (Å²) in [5, 5.41) is 15.5. The van der Waals surface area contributed by atoms with Gasteiger partial charge >= 0.3 is 0 Å². The van der Waals surface area contributed by atoms with Crippen LogP contribution in [0.15, 0.2) is 84.9 Å². The van der Waals surface area contributed by atoms with Crippen LogP contribution < -0.4 is 5.32 Å². The smallest absolute Gasteiger partial charge is 0.255 e. The van der Waals surface area contributed by atoms with Crippen LogP contribution in [0, 0.1) is 25.7 Å². The van der Waals surface area contributed by atoms with E-state index in [1.165, 1.54) is 72.1 Å². The molecular formula is C49H65N3O2. The van der Waals surface area contributed by atoms with Gasteiger partial charge < -0.3 is 19.9 Å². The number of fused-ring (bicyclic) bond motifs is 1. The van der Waals surface area contributed by atoms with Crippen molar-refractivity contribution >= 4 is 22.5 Å². The fourth-order valence-electron chi connectivity index (χ4n) is 7.96. The number of aryl methyl sites for hydroxylation is 1. The zero-order valence-electron chi connectivity index (χ0n) is 34.3. The molecule has 1 heterocycles. The fourth-order valence-corrected chi connectivity index (χ4v) is 7.96. The number of phenolic OH excluding ortho intramolecular Hbond substituents is 1. The lowest BCUT2D eigenvalue weighted by Gasteiger charge is -2.29. The number of phenols is 1. The normalized spacial score (nSPS) is 14.0. The zero-order valence-corrected chi connectivity index (χ0v) is 34.3. The average Bonchev–Trinajstić information content (AvgIpc) is 3.38. The molecule has 1 fully saturated rings. The molecule has 4 aromatic carbocycles. The topological polar surface area (TPSA) is 57.5 Å². The van der Waals surface area contributed by atoms with Crippen molar-refractivity contribution in [1.29, 1.82) is 0 Å². The highest BCUT2D eigenvalue weighted by Crippen LogP contribution is 2.46. The van der Waals surface area contributed by atoms with E-state index in [4.69, 9.17) is 0 Å². The zero-order chi connectivity index (χ0) is 38.8. The van der Waals surface area contributed by atoms with Gasteiger partial charge in [0.2, 0.25) is 0 Å². The molecule has 1 aliphatic carbocycles. The van der Waals surface area contributed by atoms with Gasteiger partial charge in [0, 0.05) is 52.6 Å². The van der Waals surface area contributed by atoms with Gasteiger partial charge in [0.25, 0.3) is 5.91 Å². The number of carbonyl (C=O) groups is 1. The number of rotatable bonds is 16. The van der Waals surface area contributed by atoms with Gasteiger partial charge in [-0.2, -0.15) is 0 Å². The minimum atomic E-state index is -0.172. The first-order valence-corrected chi connectivity index (χ1v) is 20.8. The molecule has 1 aliphatic rings. The number of aromatic hydroxyl groups is 1. The van der Waals surface area contributed by atoms with Crippen LogP contribution in [0.1, 0.15) is 124 Å². The maximum absolute atomic E-state index is 13.4. The SMILES string of the molecule is CC.CCCN(CCC(C)CC)CC(C)Cn1c(C)c(C)c2cc(Cc3ccc(C(=O)Nc4cc(O)c(-c5ccccc5)c(C5CCC5)c4)cc3)ccc21. The van der Waals surface area contributed by atoms with Crippen LogP contribution >= 0.6 is 0 Å². The summed E-state index contributed by atoms with van der Waals surface area (Å²) >= 11 is 0.